The van der Waals surface area contributed by atoms with E-state index in [0.717, 1.165) is 5.56 Å². The first kappa shape index (κ1) is 14.5. The summed E-state index contributed by atoms with van der Waals surface area (Å²) in [6.45, 7) is 7.27. The molecular weight excluding hydrogens is 280 g/mol. The van der Waals surface area contributed by atoms with E-state index in [2.05, 4.69) is 20.4 Å². The number of hydrogen-bond donors (Lipinski definition) is 1. The Kier molecular flexibility index (Phi) is 4.39. The number of rotatable bonds is 5. The fourth-order valence-corrected chi connectivity index (χ4v) is 2.12. The van der Waals surface area contributed by atoms with Crippen LogP contribution >= 0.6 is 11.6 Å². The minimum absolute atomic E-state index is 0.0237. The Morgan fingerprint density at radius 3 is 2.80 bits per heavy atom. The number of hydrogen-bond acceptors (Lipinski definition) is 5. The number of fused-ring (bicyclic) bond motifs is 1. The van der Waals surface area contributed by atoms with Crippen LogP contribution in [0.2, 0.25) is 5.15 Å². The summed E-state index contributed by atoms with van der Waals surface area (Å²) in [5, 5.41) is 7.51. The van der Waals surface area contributed by atoms with Crippen molar-refractivity contribution in [3.05, 3.63) is 17.0 Å². The minimum Gasteiger partial charge on any atom is -0.361 e. The van der Waals surface area contributed by atoms with Crippen molar-refractivity contribution in [1.82, 2.24) is 24.5 Å². The molecule has 0 fully saturated rings. The summed E-state index contributed by atoms with van der Waals surface area (Å²) < 4.78 is 1.54. The number of amides is 1. The van der Waals surface area contributed by atoms with Gasteiger partial charge >= 0.3 is 0 Å². The van der Waals surface area contributed by atoms with Gasteiger partial charge < -0.3 is 10.2 Å². The molecular formula is C12H17ClN6O. The van der Waals surface area contributed by atoms with E-state index < -0.39 is 0 Å². The first-order chi connectivity index (χ1) is 9.58. The van der Waals surface area contributed by atoms with Gasteiger partial charge in [-0.05, 0) is 20.8 Å². The van der Waals surface area contributed by atoms with Crippen molar-refractivity contribution in [2.24, 2.45) is 0 Å². The lowest BCUT2D eigenvalue weighted by Gasteiger charge is -2.19. The van der Waals surface area contributed by atoms with Gasteiger partial charge in [0.1, 0.15) is 17.3 Å². The molecule has 0 saturated heterocycles. The first-order valence-corrected chi connectivity index (χ1v) is 6.83. The SMILES string of the molecule is CCN(CC)C(=O)CNc1c(C)c(Cl)nc2ncnn12. The lowest BCUT2D eigenvalue weighted by molar-refractivity contribution is -0.128. The van der Waals surface area contributed by atoms with Gasteiger partial charge in [-0.15, -0.1) is 0 Å². The van der Waals surface area contributed by atoms with Gasteiger partial charge in [-0.3, -0.25) is 4.79 Å². The smallest absolute Gasteiger partial charge is 0.255 e. The molecule has 1 N–H and O–H groups in total. The highest BCUT2D eigenvalue weighted by Crippen LogP contribution is 2.21. The summed E-state index contributed by atoms with van der Waals surface area (Å²) >= 11 is 6.05. The van der Waals surface area contributed by atoms with Crippen molar-refractivity contribution >= 4 is 29.1 Å². The molecule has 8 heteroatoms. The maximum absolute atomic E-state index is 12.0. The van der Waals surface area contributed by atoms with Crippen molar-refractivity contribution in [1.29, 1.82) is 0 Å². The lowest BCUT2D eigenvalue weighted by Crippen LogP contribution is -2.35. The van der Waals surface area contributed by atoms with Crippen molar-refractivity contribution < 1.29 is 4.79 Å². The van der Waals surface area contributed by atoms with Gasteiger partial charge in [0.2, 0.25) is 5.91 Å². The van der Waals surface area contributed by atoms with E-state index in [1.54, 1.807) is 4.90 Å². The molecule has 0 aliphatic heterocycles. The Balaban J connectivity index is 2.23. The molecule has 0 aromatic carbocycles. The summed E-state index contributed by atoms with van der Waals surface area (Å²) in [5.41, 5.74) is 0.733. The summed E-state index contributed by atoms with van der Waals surface area (Å²) in [6, 6.07) is 0. The summed E-state index contributed by atoms with van der Waals surface area (Å²) in [4.78, 5) is 21.9. The van der Waals surface area contributed by atoms with Crippen molar-refractivity contribution in [2.75, 3.05) is 25.0 Å². The van der Waals surface area contributed by atoms with Crippen LogP contribution < -0.4 is 5.32 Å². The number of nitrogens with one attached hydrogen (secondary N) is 1. The molecule has 20 heavy (non-hydrogen) atoms. The van der Waals surface area contributed by atoms with Crippen LogP contribution in [0.4, 0.5) is 5.82 Å². The largest absolute Gasteiger partial charge is 0.361 e. The van der Waals surface area contributed by atoms with Crippen molar-refractivity contribution in [2.45, 2.75) is 20.8 Å². The van der Waals surface area contributed by atoms with Crippen LogP contribution in [0.15, 0.2) is 6.33 Å². The van der Waals surface area contributed by atoms with Gasteiger partial charge in [0.05, 0.1) is 6.54 Å². The highest BCUT2D eigenvalue weighted by atomic mass is 35.5. The van der Waals surface area contributed by atoms with Crippen LogP contribution in [0.5, 0.6) is 0 Å². The topological polar surface area (TPSA) is 75.4 Å². The molecule has 1 amide bonds. The van der Waals surface area contributed by atoms with Crippen LogP contribution in [0.1, 0.15) is 19.4 Å². The predicted octanol–water partition coefficient (Wildman–Crippen LogP) is 1.37. The molecule has 0 bridgehead atoms. The molecule has 0 atom stereocenters. The zero-order valence-corrected chi connectivity index (χ0v) is 12.5. The molecule has 2 aromatic rings. The molecule has 0 spiro atoms. The molecule has 2 rings (SSSR count). The Labute approximate surface area is 122 Å². The number of nitrogens with zero attached hydrogens (tertiary/aromatic N) is 5. The van der Waals surface area contributed by atoms with E-state index in [1.165, 1.54) is 10.8 Å². The van der Waals surface area contributed by atoms with Crippen LogP contribution in [0.3, 0.4) is 0 Å². The van der Waals surface area contributed by atoms with E-state index in [9.17, 15) is 4.79 Å². The number of carbonyl (C=O) groups excluding carboxylic acids is 1. The second kappa shape index (κ2) is 6.04. The Morgan fingerprint density at radius 2 is 2.15 bits per heavy atom. The van der Waals surface area contributed by atoms with Gasteiger partial charge in [0.25, 0.3) is 5.78 Å². The average molecular weight is 297 g/mol. The normalized spacial score (nSPS) is 10.8. The summed E-state index contributed by atoms with van der Waals surface area (Å²) in [5.74, 6) is 1.06. The quantitative estimate of drug-likeness (QED) is 0.843. The van der Waals surface area contributed by atoms with Crippen LogP contribution in [0.25, 0.3) is 5.78 Å². The van der Waals surface area contributed by atoms with Crippen LogP contribution in [-0.4, -0.2) is 50.0 Å². The van der Waals surface area contributed by atoms with Crippen molar-refractivity contribution in [3.63, 3.8) is 0 Å². The standard InChI is InChI=1S/C12H17ClN6O/c1-4-18(5-2)9(20)6-14-11-8(3)10(13)17-12-15-7-16-19(11)12/h7,14H,4-6H2,1-3H3. The first-order valence-electron chi connectivity index (χ1n) is 6.45. The number of aromatic nitrogens is 4. The zero-order chi connectivity index (χ0) is 14.7. The monoisotopic (exact) mass is 296 g/mol. The predicted molar refractivity (Wildman–Crippen MR) is 76.9 cm³/mol. The third kappa shape index (κ3) is 2.67. The fraction of sp³-hybridized carbons (Fsp3) is 0.500. The lowest BCUT2D eigenvalue weighted by atomic mass is 10.3. The summed E-state index contributed by atoms with van der Waals surface area (Å²) in [6.07, 6.45) is 1.40. The molecule has 2 heterocycles. The van der Waals surface area contributed by atoms with Gasteiger partial charge in [-0.25, -0.2) is 0 Å². The van der Waals surface area contributed by atoms with Crippen LogP contribution in [-0.2, 0) is 4.79 Å². The van der Waals surface area contributed by atoms with E-state index >= 15 is 0 Å². The average Bonchev–Trinajstić information content (AvgIpc) is 2.88. The third-order valence-electron chi connectivity index (χ3n) is 3.13. The van der Waals surface area contributed by atoms with Gasteiger partial charge in [0.15, 0.2) is 0 Å². The second-order valence-corrected chi connectivity index (χ2v) is 4.63. The molecule has 0 unspecified atom stereocenters. The number of likely N-dealkylation sites (N-methyl/N-ethyl adjacent to an activating group) is 1. The maximum Gasteiger partial charge on any atom is 0.255 e. The fourth-order valence-electron chi connectivity index (χ4n) is 1.95. The summed E-state index contributed by atoms with van der Waals surface area (Å²) in [7, 11) is 0. The Morgan fingerprint density at radius 1 is 1.45 bits per heavy atom. The molecule has 0 aliphatic rings. The number of halogens is 1. The second-order valence-electron chi connectivity index (χ2n) is 4.27. The molecule has 7 nitrogen and oxygen atoms in total. The number of carbonyl (C=O) groups is 1. The van der Waals surface area contributed by atoms with E-state index in [4.69, 9.17) is 11.6 Å². The zero-order valence-electron chi connectivity index (χ0n) is 11.7. The molecule has 108 valence electrons. The molecule has 0 saturated carbocycles. The van der Waals surface area contributed by atoms with E-state index in [1.807, 2.05) is 20.8 Å². The molecule has 0 aliphatic carbocycles. The Bertz CT molecular complexity index is 622. The van der Waals surface area contributed by atoms with E-state index in [0.29, 0.717) is 29.8 Å². The van der Waals surface area contributed by atoms with Crippen molar-refractivity contribution in [3.8, 4) is 0 Å². The molecule has 0 radical (unpaired) electrons. The minimum atomic E-state index is 0.0237. The van der Waals surface area contributed by atoms with Gasteiger partial charge in [0, 0.05) is 18.7 Å². The maximum atomic E-state index is 12.0. The highest BCUT2D eigenvalue weighted by molar-refractivity contribution is 6.30. The molecule has 2 aromatic heterocycles. The highest BCUT2D eigenvalue weighted by Gasteiger charge is 2.14. The van der Waals surface area contributed by atoms with Crippen LogP contribution in [0, 0.1) is 6.92 Å². The number of anilines is 1. The van der Waals surface area contributed by atoms with Gasteiger partial charge in [-0.1, -0.05) is 11.6 Å². The van der Waals surface area contributed by atoms with E-state index in [-0.39, 0.29) is 12.5 Å². The Hall–Kier alpha value is -1.89. The van der Waals surface area contributed by atoms with Gasteiger partial charge in [-0.2, -0.15) is 19.6 Å². The third-order valence-corrected chi connectivity index (χ3v) is 3.50.